The summed E-state index contributed by atoms with van der Waals surface area (Å²) in [4.78, 5) is 6.24. The highest BCUT2D eigenvalue weighted by Gasteiger charge is 2.11. The van der Waals surface area contributed by atoms with Crippen molar-refractivity contribution in [3.63, 3.8) is 0 Å². The molecule has 2 rings (SSSR count). The number of furan rings is 1. The molecule has 0 aliphatic carbocycles. The molecule has 0 atom stereocenters. The number of rotatable bonds is 4. The summed E-state index contributed by atoms with van der Waals surface area (Å²) in [6.07, 6.45) is 2.60. The summed E-state index contributed by atoms with van der Waals surface area (Å²) in [5.41, 5.74) is 1.86. The molecule has 5 nitrogen and oxygen atoms in total. The third-order valence-electron chi connectivity index (χ3n) is 2.67. The van der Waals surface area contributed by atoms with E-state index in [4.69, 9.17) is 4.42 Å². The monoisotopic (exact) mass is 292 g/mol. The maximum atomic E-state index is 11.3. The average Bonchev–Trinajstić information content (AvgIpc) is 2.85. The minimum absolute atomic E-state index is 0.0538. The second-order valence-corrected chi connectivity index (χ2v) is 6.54. The molecule has 0 amide bonds. The smallest absolute Gasteiger partial charge is 0.218 e. The van der Waals surface area contributed by atoms with E-state index in [1.54, 1.807) is 6.07 Å². The number of hydrogen-bond donors (Lipinski definition) is 0. The van der Waals surface area contributed by atoms with Gasteiger partial charge in [0.25, 0.3) is 0 Å². The van der Waals surface area contributed by atoms with Crippen molar-refractivity contribution in [3.8, 4) is 0 Å². The van der Waals surface area contributed by atoms with Gasteiger partial charge in [-0.25, -0.2) is 8.42 Å². The third-order valence-corrected chi connectivity index (χ3v) is 3.62. The minimum Gasteiger partial charge on any atom is -0.444 e. The number of aliphatic imine (C=N–C) groups is 1. The first-order valence-electron chi connectivity index (χ1n) is 5.97. The first kappa shape index (κ1) is 14.3. The lowest BCUT2D eigenvalue weighted by atomic mass is 10.3. The average molecular weight is 292 g/mol. The van der Waals surface area contributed by atoms with Gasteiger partial charge in [0.15, 0.2) is 0 Å². The maximum absolute atomic E-state index is 11.3. The zero-order valence-electron chi connectivity index (χ0n) is 11.6. The SMILES string of the molecule is CN(C)c1ccc(N=Cc2ccc(S(C)(=O)=O)o2)cc1. The van der Waals surface area contributed by atoms with Crippen LogP contribution in [-0.2, 0) is 9.84 Å². The van der Waals surface area contributed by atoms with Gasteiger partial charge in [-0.1, -0.05) is 0 Å². The Balaban J connectivity index is 2.15. The summed E-state index contributed by atoms with van der Waals surface area (Å²) in [7, 11) is 0.618. The Labute approximate surface area is 118 Å². The van der Waals surface area contributed by atoms with Crippen molar-refractivity contribution in [1.29, 1.82) is 0 Å². The Kier molecular flexibility index (Phi) is 3.94. The fourth-order valence-electron chi connectivity index (χ4n) is 1.58. The number of hydrogen-bond acceptors (Lipinski definition) is 5. The molecule has 0 aliphatic heterocycles. The number of nitrogens with zero attached hydrogens (tertiary/aromatic N) is 2. The molecule has 1 heterocycles. The van der Waals surface area contributed by atoms with E-state index in [0.29, 0.717) is 5.76 Å². The van der Waals surface area contributed by atoms with E-state index in [1.807, 2.05) is 43.3 Å². The zero-order valence-corrected chi connectivity index (χ0v) is 12.4. The fraction of sp³-hybridized carbons (Fsp3) is 0.214. The number of anilines is 1. The highest BCUT2D eigenvalue weighted by Crippen LogP contribution is 2.18. The third kappa shape index (κ3) is 3.48. The van der Waals surface area contributed by atoms with Gasteiger partial charge in [-0.15, -0.1) is 0 Å². The van der Waals surface area contributed by atoms with Crippen LogP contribution in [0, 0.1) is 0 Å². The summed E-state index contributed by atoms with van der Waals surface area (Å²) in [6.45, 7) is 0. The van der Waals surface area contributed by atoms with Gasteiger partial charge in [-0.05, 0) is 36.4 Å². The Morgan fingerprint density at radius 2 is 1.75 bits per heavy atom. The number of sulfone groups is 1. The molecule has 6 heteroatoms. The van der Waals surface area contributed by atoms with E-state index in [0.717, 1.165) is 17.6 Å². The second kappa shape index (κ2) is 5.50. The van der Waals surface area contributed by atoms with Gasteiger partial charge in [0.2, 0.25) is 14.9 Å². The van der Waals surface area contributed by atoms with Gasteiger partial charge in [0.1, 0.15) is 5.76 Å². The lowest BCUT2D eigenvalue weighted by molar-refractivity contribution is 0.447. The largest absolute Gasteiger partial charge is 0.444 e. The summed E-state index contributed by atoms with van der Waals surface area (Å²) < 4.78 is 27.7. The van der Waals surface area contributed by atoms with Crippen molar-refractivity contribution in [2.45, 2.75) is 5.09 Å². The van der Waals surface area contributed by atoms with Crippen LogP contribution in [0.25, 0.3) is 0 Å². The summed E-state index contributed by atoms with van der Waals surface area (Å²) in [5.74, 6) is 0.405. The van der Waals surface area contributed by atoms with Crippen LogP contribution in [0.5, 0.6) is 0 Å². The molecule has 0 radical (unpaired) electrons. The van der Waals surface area contributed by atoms with Crippen LogP contribution in [-0.4, -0.2) is 35.0 Å². The lowest BCUT2D eigenvalue weighted by Gasteiger charge is -2.11. The quantitative estimate of drug-likeness (QED) is 0.812. The van der Waals surface area contributed by atoms with Gasteiger partial charge in [0.05, 0.1) is 11.9 Å². The molecule has 0 bridgehead atoms. The van der Waals surface area contributed by atoms with E-state index in [-0.39, 0.29) is 5.09 Å². The van der Waals surface area contributed by atoms with Crippen molar-refractivity contribution >= 4 is 27.4 Å². The van der Waals surface area contributed by atoms with E-state index >= 15 is 0 Å². The summed E-state index contributed by atoms with van der Waals surface area (Å²) in [5, 5.41) is -0.0538. The predicted molar refractivity (Wildman–Crippen MR) is 79.8 cm³/mol. The molecule has 0 unspecified atom stereocenters. The molecule has 2 aromatic rings. The van der Waals surface area contributed by atoms with E-state index in [1.165, 1.54) is 12.3 Å². The van der Waals surface area contributed by atoms with Crippen LogP contribution in [0.15, 0.2) is 50.9 Å². The van der Waals surface area contributed by atoms with Gasteiger partial charge >= 0.3 is 0 Å². The Morgan fingerprint density at radius 3 is 2.25 bits per heavy atom. The standard InChI is InChI=1S/C14H16N2O3S/c1-16(2)12-6-4-11(5-7-12)15-10-13-8-9-14(19-13)20(3,17)18/h4-10H,1-3H3. The maximum Gasteiger partial charge on any atom is 0.218 e. The first-order chi connectivity index (χ1) is 9.36. The summed E-state index contributed by atoms with van der Waals surface area (Å²) in [6, 6.07) is 10.7. The molecule has 20 heavy (non-hydrogen) atoms. The van der Waals surface area contributed by atoms with Gasteiger partial charge in [-0.2, -0.15) is 0 Å². The molecule has 106 valence electrons. The molecular weight excluding hydrogens is 276 g/mol. The topological polar surface area (TPSA) is 62.9 Å². The van der Waals surface area contributed by atoms with Crippen molar-refractivity contribution in [3.05, 3.63) is 42.2 Å². The normalized spacial score (nSPS) is 11.9. The molecule has 0 saturated heterocycles. The zero-order chi connectivity index (χ0) is 14.8. The molecule has 0 saturated carbocycles. The molecule has 1 aromatic carbocycles. The van der Waals surface area contributed by atoms with Crippen LogP contribution >= 0.6 is 0 Å². The van der Waals surface area contributed by atoms with E-state index in [2.05, 4.69) is 4.99 Å². The summed E-state index contributed by atoms with van der Waals surface area (Å²) >= 11 is 0. The fourth-order valence-corrected chi connectivity index (χ4v) is 2.14. The van der Waals surface area contributed by atoms with E-state index in [9.17, 15) is 8.42 Å². The Bertz CT molecular complexity index is 713. The minimum atomic E-state index is -3.31. The highest BCUT2D eigenvalue weighted by molar-refractivity contribution is 7.90. The van der Waals surface area contributed by atoms with Crippen LogP contribution < -0.4 is 4.90 Å². The van der Waals surface area contributed by atoms with Crippen molar-refractivity contribution in [1.82, 2.24) is 0 Å². The molecule has 0 aliphatic rings. The number of benzene rings is 1. The Hall–Kier alpha value is -2.08. The molecule has 0 fully saturated rings. The van der Waals surface area contributed by atoms with Crippen molar-refractivity contribution in [2.24, 2.45) is 4.99 Å². The second-order valence-electron chi connectivity index (χ2n) is 4.60. The predicted octanol–water partition coefficient (Wildman–Crippen LogP) is 2.50. The highest BCUT2D eigenvalue weighted by atomic mass is 32.2. The van der Waals surface area contributed by atoms with Crippen LogP contribution in [0.1, 0.15) is 5.76 Å². The molecule has 1 aromatic heterocycles. The Morgan fingerprint density at radius 1 is 1.10 bits per heavy atom. The first-order valence-corrected chi connectivity index (χ1v) is 7.87. The lowest BCUT2D eigenvalue weighted by Crippen LogP contribution is -2.07. The molecule has 0 N–H and O–H groups in total. The van der Waals surface area contributed by atoms with Crippen LogP contribution in [0.2, 0.25) is 0 Å². The molecular formula is C14H16N2O3S. The molecule has 0 spiro atoms. The van der Waals surface area contributed by atoms with Gasteiger partial charge < -0.3 is 9.32 Å². The van der Waals surface area contributed by atoms with E-state index < -0.39 is 9.84 Å². The van der Waals surface area contributed by atoms with Crippen molar-refractivity contribution in [2.75, 3.05) is 25.3 Å². The van der Waals surface area contributed by atoms with Gasteiger partial charge in [0, 0.05) is 26.0 Å². The van der Waals surface area contributed by atoms with Gasteiger partial charge in [-0.3, -0.25) is 4.99 Å². The van der Waals surface area contributed by atoms with Crippen molar-refractivity contribution < 1.29 is 12.8 Å². The van der Waals surface area contributed by atoms with Crippen LogP contribution in [0.4, 0.5) is 11.4 Å². The van der Waals surface area contributed by atoms with Crippen LogP contribution in [0.3, 0.4) is 0 Å².